The summed E-state index contributed by atoms with van der Waals surface area (Å²) in [6.07, 6.45) is 10.2. The Bertz CT molecular complexity index is 672. The molecule has 5 heteroatoms. The number of hydrogen-bond donors (Lipinski definition) is 1. The van der Waals surface area contributed by atoms with Gasteiger partial charge in [0.15, 0.2) is 0 Å². The third kappa shape index (κ3) is 2.84. The zero-order valence-corrected chi connectivity index (χ0v) is 12.8. The average molecular weight is 299 g/mol. The standard InChI is InChI=1S/C17H21N3O2/c1-22-17(21)15-8-7-12(9-16(15)18)13-10-19-20(11-13)14-5-3-2-4-6-14/h7-11,14H,2-6,18H2,1H3. The zero-order chi connectivity index (χ0) is 15.5. The first-order chi connectivity index (χ1) is 10.7. The molecule has 1 aliphatic rings. The van der Waals surface area contributed by atoms with Gasteiger partial charge < -0.3 is 10.5 Å². The molecule has 0 bridgehead atoms. The summed E-state index contributed by atoms with van der Waals surface area (Å²) in [6, 6.07) is 5.89. The highest BCUT2D eigenvalue weighted by Crippen LogP contribution is 2.30. The molecule has 1 aliphatic carbocycles. The van der Waals surface area contributed by atoms with Crippen molar-refractivity contribution in [3.63, 3.8) is 0 Å². The fourth-order valence-electron chi connectivity index (χ4n) is 3.07. The fourth-order valence-corrected chi connectivity index (χ4v) is 3.07. The van der Waals surface area contributed by atoms with Crippen molar-refractivity contribution in [3.05, 3.63) is 36.2 Å². The summed E-state index contributed by atoms with van der Waals surface area (Å²) in [5, 5.41) is 4.50. The number of nitrogen functional groups attached to an aromatic ring is 1. The van der Waals surface area contributed by atoms with Gasteiger partial charge in [0.25, 0.3) is 0 Å². The molecule has 2 N–H and O–H groups in total. The maximum Gasteiger partial charge on any atom is 0.339 e. The van der Waals surface area contributed by atoms with Crippen LogP contribution in [-0.2, 0) is 4.74 Å². The monoisotopic (exact) mass is 299 g/mol. The Balaban J connectivity index is 1.84. The van der Waals surface area contributed by atoms with Crippen LogP contribution in [0.3, 0.4) is 0 Å². The second-order valence-corrected chi connectivity index (χ2v) is 5.79. The molecule has 0 unspecified atom stereocenters. The van der Waals surface area contributed by atoms with Crippen molar-refractivity contribution >= 4 is 11.7 Å². The number of carbonyl (C=O) groups excluding carboxylic acids is 1. The number of rotatable bonds is 3. The van der Waals surface area contributed by atoms with E-state index in [2.05, 4.69) is 16.0 Å². The average Bonchev–Trinajstić information content (AvgIpc) is 3.05. The molecule has 2 aromatic rings. The van der Waals surface area contributed by atoms with E-state index in [1.54, 1.807) is 12.1 Å². The summed E-state index contributed by atoms with van der Waals surface area (Å²) >= 11 is 0. The minimum absolute atomic E-state index is 0.394. The van der Waals surface area contributed by atoms with Gasteiger partial charge in [0.1, 0.15) is 0 Å². The normalized spacial score (nSPS) is 15.7. The van der Waals surface area contributed by atoms with Crippen LogP contribution < -0.4 is 5.73 Å². The molecular formula is C17H21N3O2. The van der Waals surface area contributed by atoms with E-state index < -0.39 is 5.97 Å². The van der Waals surface area contributed by atoms with Gasteiger partial charge in [-0.3, -0.25) is 4.68 Å². The lowest BCUT2D eigenvalue weighted by molar-refractivity contribution is 0.0602. The third-order valence-electron chi connectivity index (χ3n) is 4.34. The van der Waals surface area contributed by atoms with E-state index >= 15 is 0 Å². The minimum Gasteiger partial charge on any atom is -0.465 e. The first kappa shape index (κ1) is 14.6. The van der Waals surface area contributed by atoms with E-state index in [0.717, 1.165) is 11.1 Å². The number of hydrogen-bond acceptors (Lipinski definition) is 4. The Morgan fingerprint density at radius 2 is 2.05 bits per heavy atom. The lowest BCUT2D eigenvalue weighted by Crippen LogP contribution is -2.12. The maximum atomic E-state index is 11.6. The second kappa shape index (κ2) is 6.22. The number of ether oxygens (including phenoxy) is 1. The smallest absolute Gasteiger partial charge is 0.339 e. The Morgan fingerprint density at radius 1 is 1.27 bits per heavy atom. The molecule has 1 aromatic carbocycles. The van der Waals surface area contributed by atoms with Gasteiger partial charge in [-0.1, -0.05) is 25.3 Å². The summed E-state index contributed by atoms with van der Waals surface area (Å²) in [5.74, 6) is -0.415. The number of esters is 1. The van der Waals surface area contributed by atoms with E-state index in [-0.39, 0.29) is 0 Å². The molecule has 1 heterocycles. The molecule has 0 amide bonds. The van der Waals surface area contributed by atoms with Crippen LogP contribution >= 0.6 is 0 Å². The van der Waals surface area contributed by atoms with Crippen molar-refractivity contribution in [2.24, 2.45) is 0 Å². The van der Waals surface area contributed by atoms with Gasteiger partial charge >= 0.3 is 5.97 Å². The van der Waals surface area contributed by atoms with Crippen molar-refractivity contribution in [1.29, 1.82) is 0 Å². The Morgan fingerprint density at radius 3 is 2.73 bits per heavy atom. The maximum absolute atomic E-state index is 11.6. The van der Waals surface area contributed by atoms with Gasteiger partial charge in [0.2, 0.25) is 0 Å². The lowest BCUT2D eigenvalue weighted by atomic mass is 9.96. The minimum atomic E-state index is -0.415. The van der Waals surface area contributed by atoms with Crippen LogP contribution in [0.25, 0.3) is 11.1 Å². The van der Waals surface area contributed by atoms with E-state index in [1.807, 2.05) is 12.3 Å². The van der Waals surface area contributed by atoms with Crippen LogP contribution in [0.2, 0.25) is 0 Å². The number of carbonyl (C=O) groups is 1. The van der Waals surface area contributed by atoms with Crippen LogP contribution in [0.1, 0.15) is 48.5 Å². The fraction of sp³-hybridized carbons (Fsp3) is 0.412. The number of methoxy groups -OCH3 is 1. The number of anilines is 1. The van der Waals surface area contributed by atoms with Crippen LogP contribution in [0.4, 0.5) is 5.69 Å². The van der Waals surface area contributed by atoms with Crippen LogP contribution in [0.5, 0.6) is 0 Å². The van der Waals surface area contributed by atoms with Gasteiger partial charge in [-0.05, 0) is 30.5 Å². The summed E-state index contributed by atoms with van der Waals surface area (Å²) in [4.78, 5) is 11.6. The lowest BCUT2D eigenvalue weighted by Gasteiger charge is -2.21. The Labute approximate surface area is 130 Å². The summed E-state index contributed by atoms with van der Waals surface area (Å²) in [5.41, 5.74) is 8.76. The highest BCUT2D eigenvalue weighted by Gasteiger charge is 2.17. The molecule has 0 aliphatic heterocycles. The van der Waals surface area contributed by atoms with Crippen molar-refractivity contribution in [1.82, 2.24) is 9.78 Å². The quantitative estimate of drug-likeness (QED) is 0.696. The van der Waals surface area contributed by atoms with E-state index in [4.69, 9.17) is 10.5 Å². The molecule has 0 radical (unpaired) electrons. The molecule has 3 rings (SSSR count). The summed E-state index contributed by atoms with van der Waals surface area (Å²) < 4.78 is 6.78. The second-order valence-electron chi connectivity index (χ2n) is 5.79. The molecule has 5 nitrogen and oxygen atoms in total. The molecule has 0 saturated heterocycles. The number of benzene rings is 1. The summed E-state index contributed by atoms with van der Waals surface area (Å²) in [7, 11) is 1.35. The number of nitrogens with zero attached hydrogens (tertiary/aromatic N) is 2. The molecule has 116 valence electrons. The SMILES string of the molecule is COC(=O)c1ccc(-c2cnn(C3CCCCC3)c2)cc1N. The first-order valence-electron chi connectivity index (χ1n) is 7.71. The highest BCUT2D eigenvalue weighted by molar-refractivity contribution is 5.96. The highest BCUT2D eigenvalue weighted by atomic mass is 16.5. The van der Waals surface area contributed by atoms with Crippen LogP contribution in [-0.4, -0.2) is 22.9 Å². The van der Waals surface area contributed by atoms with E-state index in [0.29, 0.717) is 17.3 Å². The first-order valence-corrected chi connectivity index (χ1v) is 7.71. The van der Waals surface area contributed by atoms with Gasteiger partial charge in [0.05, 0.1) is 24.9 Å². The van der Waals surface area contributed by atoms with Crippen molar-refractivity contribution in [2.45, 2.75) is 38.1 Å². The molecule has 1 aromatic heterocycles. The molecule has 0 spiro atoms. The number of aromatic nitrogens is 2. The predicted molar refractivity (Wildman–Crippen MR) is 85.5 cm³/mol. The van der Waals surface area contributed by atoms with Gasteiger partial charge in [0, 0.05) is 17.4 Å². The van der Waals surface area contributed by atoms with Gasteiger partial charge in [-0.2, -0.15) is 5.10 Å². The largest absolute Gasteiger partial charge is 0.465 e. The summed E-state index contributed by atoms with van der Waals surface area (Å²) in [6.45, 7) is 0. The molecule has 1 fully saturated rings. The van der Waals surface area contributed by atoms with Gasteiger partial charge in [-0.25, -0.2) is 4.79 Å². The predicted octanol–water partition coefficient (Wildman–Crippen LogP) is 3.42. The van der Waals surface area contributed by atoms with E-state index in [1.165, 1.54) is 39.2 Å². The van der Waals surface area contributed by atoms with Crippen molar-refractivity contribution < 1.29 is 9.53 Å². The third-order valence-corrected chi connectivity index (χ3v) is 4.34. The zero-order valence-electron chi connectivity index (χ0n) is 12.8. The topological polar surface area (TPSA) is 70.1 Å². The van der Waals surface area contributed by atoms with Crippen molar-refractivity contribution in [3.8, 4) is 11.1 Å². The molecule has 22 heavy (non-hydrogen) atoms. The Kier molecular flexibility index (Phi) is 4.13. The number of nitrogens with two attached hydrogens (primary N) is 1. The molecule has 0 atom stereocenters. The van der Waals surface area contributed by atoms with Crippen molar-refractivity contribution in [2.75, 3.05) is 12.8 Å². The van der Waals surface area contributed by atoms with Crippen LogP contribution in [0.15, 0.2) is 30.6 Å². The van der Waals surface area contributed by atoms with Crippen LogP contribution in [0, 0.1) is 0 Å². The van der Waals surface area contributed by atoms with E-state index in [9.17, 15) is 4.79 Å². The molecule has 1 saturated carbocycles. The van der Waals surface area contributed by atoms with Gasteiger partial charge in [-0.15, -0.1) is 0 Å². The Hall–Kier alpha value is -2.30. The molecular weight excluding hydrogens is 278 g/mol.